The van der Waals surface area contributed by atoms with E-state index >= 15 is 0 Å². The van der Waals surface area contributed by atoms with Crippen LogP contribution >= 0.6 is 11.3 Å². The number of amides is 1. The number of nitrogens with one attached hydrogen (secondary N) is 1. The minimum atomic E-state index is -0.0785. The Morgan fingerprint density at radius 3 is 2.85 bits per heavy atom. The fourth-order valence-electron chi connectivity index (χ4n) is 3.22. The molecule has 0 spiro atoms. The summed E-state index contributed by atoms with van der Waals surface area (Å²) in [6.45, 7) is 6.96. The van der Waals surface area contributed by atoms with Crippen LogP contribution in [0.2, 0.25) is 0 Å². The number of piperazine rings is 1. The molecular formula is C15H23N3OS. The van der Waals surface area contributed by atoms with Gasteiger partial charge in [0, 0.05) is 43.6 Å². The Balaban J connectivity index is 1.85. The molecule has 1 amide bonds. The summed E-state index contributed by atoms with van der Waals surface area (Å²) in [5, 5.41) is 5.49. The van der Waals surface area contributed by atoms with Gasteiger partial charge in [-0.2, -0.15) is 0 Å². The highest BCUT2D eigenvalue weighted by molar-refractivity contribution is 7.10. The van der Waals surface area contributed by atoms with Crippen molar-refractivity contribution >= 4 is 17.2 Å². The van der Waals surface area contributed by atoms with E-state index in [0.717, 1.165) is 45.6 Å². The average molecular weight is 293 g/mol. The SMILES string of the molecule is CC1CNCCN1C(C(=O)N1CCCC1)c1cccs1. The number of nitrogens with zero attached hydrogens (tertiary/aromatic N) is 2. The van der Waals surface area contributed by atoms with Gasteiger partial charge < -0.3 is 10.2 Å². The normalized spacial score (nSPS) is 25.9. The van der Waals surface area contributed by atoms with E-state index in [1.165, 1.54) is 4.88 Å². The van der Waals surface area contributed by atoms with Crippen LogP contribution in [0.5, 0.6) is 0 Å². The highest BCUT2D eigenvalue weighted by Crippen LogP contribution is 2.30. The second-order valence-electron chi connectivity index (χ2n) is 5.74. The first-order valence-electron chi connectivity index (χ1n) is 7.56. The molecule has 0 aliphatic carbocycles. The molecule has 2 unspecified atom stereocenters. The van der Waals surface area contributed by atoms with Crippen LogP contribution in [0.3, 0.4) is 0 Å². The summed E-state index contributed by atoms with van der Waals surface area (Å²) in [5.74, 6) is 0.304. The lowest BCUT2D eigenvalue weighted by Gasteiger charge is -2.40. The molecule has 4 nitrogen and oxygen atoms in total. The van der Waals surface area contributed by atoms with Crippen LogP contribution in [-0.4, -0.2) is 54.5 Å². The quantitative estimate of drug-likeness (QED) is 0.921. The lowest BCUT2D eigenvalue weighted by molar-refractivity contribution is -0.137. The Labute approximate surface area is 124 Å². The number of carbonyl (C=O) groups is 1. The summed E-state index contributed by atoms with van der Waals surface area (Å²) >= 11 is 1.70. The van der Waals surface area contributed by atoms with Crippen LogP contribution < -0.4 is 5.32 Å². The molecule has 1 aromatic heterocycles. The number of hydrogen-bond donors (Lipinski definition) is 1. The molecule has 0 saturated carbocycles. The van der Waals surface area contributed by atoms with Crippen molar-refractivity contribution in [2.24, 2.45) is 0 Å². The smallest absolute Gasteiger partial charge is 0.245 e. The molecule has 5 heteroatoms. The van der Waals surface area contributed by atoms with Gasteiger partial charge in [0.2, 0.25) is 5.91 Å². The maximum Gasteiger partial charge on any atom is 0.245 e. The lowest BCUT2D eigenvalue weighted by atomic mass is 10.1. The zero-order chi connectivity index (χ0) is 13.9. The maximum atomic E-state index is 13.0. The van der Waals surface area contributed by atoms with Gasteiger partial charge in [-0.15, -0.1) is 11.3 Å². The standard InChI is InChI=1S/C15H23N3OS/c1-12-11-16-6-9-18(12)14(13-5-4-10-20-13)15(19)17-7-2-3-8-17/h4-5,10,12,14,16H,2-3,6-9,11H2,1H3. The lowest BCUT2D eigenvalue weighted by Crippen LogP contribution is -2.54. The maximum absolute atomic E-state index is 13.0. The third kappa shape index (κ3) is 2.75. The molecule has 2 aliphatic rings. The fraction of sp³-hybridized carbons (Fsp3) is 0.667. The minimum absolute atomic E-state index is 0.0785. The fourth-order valence-corrected chi connectivity index (χ4v) is 4.06. The summed E-state index contributed by atoms with van der Waals surface area (Å²) in [6, 6.07) is 4.49. The summed E-state index contributed by atoms with van der Waals surface area (Å²) in [4.78, 5) is 18.6. The van der Waals surface area contributed by atoms with Crippen molar-refractivity contribution < 1.29 is 4.79 Å². The van der Waals surface area contributed by atoms with Crippen molar-refractivity contribution in [3.8, 4) is 0 Å². The zero-order valence-electron chi connectivity index (χ0n) is 12.0. The molecule has 110 valence electrons. The number of likely N-dealkylation sites (tertiary alicyclic amines) is 1. The first-order chi connectivity index (χ1) is 9.77. The van der Waals surface area contributed by atoms with Gasteiger partial charge in [-0.1, -0.05) is 6.07 Å². The molecule has 0 aromatic carbocycles. The number of thiophene rings is 1. The van der Waals surface area contributed by atoms with E-state index in [-0.39, 0.29) is 6.04 Å². The minimum Gasteiger partial charge on any atom is -0.341 e. The largest absolute Gasteiger partial charge is 0.341 e. The topological polar surface area (TPSA) is 35.6 Å². The monoisotopic (exact) mass is 293 g/mol. The van der Waals surface area contributed by atoms with Gasteiger partial charge in [-0.3, -0.25) is 9.69 Å². The molecule has 2 atom stereocenters. The predicted octanol–water partition coefficient (Wildman–Crippen LogP) is 1.71. The molecule has 3 heterocycles. The summed E-state index contributed by atoms with van der Waals surface area (Å²) in [5.41, 5.74) is 0. The average Bonchev–Trinajstić information content (AvgIpc) is 3.13. The number of hydrogen-bond acceptors (Lipinski definition) is 4. The van der Waals surface area contributed by atoms with E-state index < -0.39 is 0 Å². The van der Waals surface area contributed by atoms with Crippen molar-refractivity contribution in [3.63, 3.8) is 0 Å². The molecule has 1 N–H and O–H groups in total. The molecule has 1 aromatic rings. The van der Waals surface area contributed by atoms with E-state index in [1.54, 1.807) is 11.3 Å². The molecule has 2 saturated heterocycles. The molecule has 0 radical (unpaired) electrons. The Bertz CT molecular complexity index is 442. The van der Waals surface area contributed by atoms with Crippen LogP contribution in [0, 0.1) is 0 Å². The third-order valence-corrected chi connectivity index (χ3v) is 5.27. The Morgan fingerprint density at radius 1 is 1.40 bits per heavy atom. The van der Waals surface area contributed by atoms with Gasteiger partial charge in [0.1, 0.15) is 6.04 Å². The second-order valence-corrected chi connectivity index (χ2v) is 6.72. The van der Waals surface area contributed by atoms with Gasteiger partial charge in [0.05, 0.1) is 0 Å². The van der Waals surface area contributed by atoms with Crippen molar-refractivity contribution in [3.05, 3.63) is 22.4 Å². The van der Waals surface area contributed by atoms with Crippen molar-refractivity contribution in [2.45, 2.75) is 31.8 Å². The zero-order valence-corrected chi connectivity index (χ0v) is 12.9. The third-order valence-electron chi connectivity index (χ3n) is 4.35. The van der Waals surface area contributed by atoms with Crippen LogP contribution in [0.15, 0.2) is 17.5 Å². The number of rotatable bonds is 3. The molecule has 3 rings (SSSR count). The van der Waals surface area contributed by atoms with E-state index in [1.807, 2.05) is 0 Å². The highest BCUT2D eigenvalue weighted by Gasteiger charge is 2.36. The van der Waals surface area contributed by atoms with Gasteiger partial charge in [0.25, 0.3) is 0 Å². The van der Waals surface area contributed by atoms with E-state index in [9.17, 15) is 4.79 Å². The Kier molecular flexibility index (Phi) is 4.38. The first-order valence-corrected chi connectivity index (χ1v) is 8.44. The van der Waals surface area contributed by atoms with Crippen LogP contribution in [0.4, 0.5) is 0 Å². The van der Waals surface area contributed by atoms with Gasteiger partial charge in [-0.25, -0.2) is 0 Å². The van der Waals surface area contributed by atoms with Crippen molar-refractivity contribution in [1.82, 2.24) is 15.1 Å². The summed E-state index contributed by atoms with van der Waals surface area (Å²) in [6.07, 6.45) is 2.31. The summed E-state index contributed by atoms with van der Waals surface area (Å²) in [7, 11) is 0. The van der Waals surface area contributed by atoms with Gasteiger partial charge in [0.15, 0.2) is 0 Å². The Morgan fingerprint density at radius 2 is 2.20 bits per heavy atom. The molecular weight excluding hydrogens is 270 g/mol. The highest BCUT2D eigenvalue weighted by atomic mass is 32.1. The molecule has 2 aliphatic heterocycles. The van der Waals surface area contributed by atoms with Gasteiger partial charge in [-0.05, 0) is 31.2 Å². The summed E-state index contributed by atoms with van der Waals surface area (Å²) < 4.78 is 0. The van der Waals surface area contributed by atoms with Crippen LogP contribution in [0.25, 0.3) is 0 Å². The van der Waals surface area contributed by atoms with Crippen molar-refractivity contribution in [1.29, 1.82) is 0 Å². The van der Waals surface area contributed by atoms with Crippen molar-refractivity contribution in [2.75, 3.05) is 32.7 Å². The van der Waals surface area contributed by atoms with Gasteiger partial charge >= 0.3 is 0 Å². The second kappa shape index (κ2) is 6.24. The first kappa shape index (κ1) is 14.0. The number of carbonyl (C=O) groups excluding carboxylic acids is 1. The predicted molar refractivity (Wildman–Crippen MR) is 81.9 cm³/mol. The van der Waals surface area contributed by atoms with Crippen LogP contribution in [0.1, 0.15) is 30.7 Å². The molecule has 20 heavy (non-hydrogen) atoms. The van der Waals surface area contributed by atoms with Crippen LogP contribution in [-0.2, 0) is 4.79 Å². The molecule has 0 bridgehead atoms. The van der Waals surface area contributed by atoms with E-state index in [4.69, 9.17) is 0 Å². The van der Waals surface area contributed by atoms with E-state index in [0.29, 0.717) is 11.9 Å². The van der Waals surface area contributed by atoms with E-state index in [2.05, 4.69) is 39.6 Å². The molecule has 2 fully saturated rings. The Hall–Kier alpha value is -0.910.